The van der Waals surface area contributed by atoms with Crippen molar-refractivity contribution in [3.8, 4) is 0 Å². The minimum atomic E-state index is -0.623. The smallest absolute Gasteiger partial charge is 0.338 e. The Balaban J connectivity index is 1.97. The van der Waals surface area contributed by atoms with Crippen molar-refractivity contribution in [3.05, 3.63) is 53.9 Å². The van der Waals surface area contributed by atoms with Crippen molar-refractivity contribution in [1.29, 1.82) is 0 Å². The molecule has 0 radical (unpaired) electrons. The van der Waals surface area contributed by atoms with Gasteiger partial charge in [-0.3, -0.25) is 9.59 Å². The minimum Gasteiger partial charge on any atom is -0.454 e. The Labute approximate surface area is 121 Å². The van der Waals surface area contributed by atoms with Gasteiger partial charge in [0.05, 0.1) is 11.3 Å². The fourth-order valence-electron chi connectivity index (χ4n) is 1.72. The zero-order valence-corrected chi connectivity index (χ0v) is 11.4. The van der Waals surface area contributed by atoms with E-state index in [2.05, 4.69) is 10.3 Å². The molecule has 1 aromatic carbocycles. The molecular formula is C15H14N2O4. The Morgan fingerprint density at radius 1 is 1.19 bits per heavy atom. The Morgan fingerprint density at radius 3 is 2.67 bits per heavy atom. The van der Waals surface area contributed by atoms with E-state index in [9.17, 15) is 14.4 Å². The van der Waals surface area contributed by atoms with E-state index in [1.54, 1.807) is 36.5 Å². The number of hydrogen-bond donors (Lipinski definition) is 2. The van der Waals surface area contributed by atoms with Crippen LogP contribution in [0.2, 0.25) is 0 Å². The number of carbonyl (C=O) groups is 3. The van der Waals surface area contributed by atoms with Crippen molar-refractivity contribution >= 4 is 23.3 Å². The molecule has 0 aliphatic carbocycles. The highest BCUT2D eigenvalue weighted by molar-refractivity contribution is 5.98. The Kier molecular flexibility index (Phi) is 4.50. The molecule has 2 N–H and O–H groups in total. The molecule has 1 heterocycles. The number of anilines is 1. The number of aromatic nitrogens is 1. The summed E-state index contributed by atoms with van der Waals surface area (Å²) in [6, 6.07) is 9.60. The van der Waals surface area contributed by atoms with Gasteiger partial charge in [-0.05, 0) is 30.3 Å². The number of ketones is 1. The number of Topliss-reactive ketones (excluding diaryl/α,β-unsaturated/α-hetero) is 1. The van der Waals surface area contributed by atoms with Crippen LogP contribution in [0.15, 0.2) is 42.6 Å². The van der Waals surface area contributed by atoms with Crippen molar-refractivity contribution in [2.24, 2.45) is 0 Å². The summed E-state index contributed by atoms with van der Waals surface area (Å²) in [5, 5.41) is 2.57. The van der Waals surface area contributed by atoms with Gasteiger partial charge in [0.25, 0.3) is 0 Å². The van der Waals surface area contributed by atoms with Crippen molar-refractivity contribution < 1.29 is 19.1 Å². The summed E-state index contributed by atoms with van der Waals surface area (Å²) in [5.74, 6) is -1.17. The highest BCUT2D eigenvalue weighted by Gasteiger charge is 2.12. The fraction of sp³-hybridized carbons (Fsp3) is 0.133. The second-order valence-electron chi connectivity index (χ2n) is 4.35. The fourth-order valence-corrected chi connectivity index (χ4v) is 1.72. The number of nitrogens with one attached hydrogen (secondary N) is 2. The molecule has 1 amide bonds. The number of aromatic amines is 1. The number of H-pyrrole nitrogens is 1. The van der Waals surface area contributed by atoms with Crippen LogP contribution in [0.1, 0.15) is 27.8 Å². The normalized spacial score (nSPS) is 9.95. The Morgan fingerprint density at radius 2 is 2.00 bits per heavy atom. The predicted molar refractivity (Wildman–Crippen MR) is 76.2 cm³/mol. The summed E-state index contributed by atoms with van der Waals surface area (Å²) in [5.41, 5.74) is 1.14. The lowest BCUT2D eigenvalue weighted by Gasteiger charge is -2.06. The van der Waals surface area contributed by atoms with Crippen molar-refractivity contribution in [2.45, 2.75) is 6.92 Å². The predicted octanol–water partition coefficient (Wildman–Crippen LogP) is 2.01. The first-order chi connectivity index (χ1) is 10.1. The van der Waals surface area contributed by atoms with Crippen LogP contribution in [-0.2, 0) is 9.53 Å². The zero-order valence-electron chi connectivity index (χ0n) is 11.4. The van der Waals surface area contributed by atoms with E-state index in [0.717, 1.165) is 0 Å². The van der Waals surface area contributed by atoms with Crippen LogP contribution < -0.4 is 5.32 Å². The number of hydrogen-bond acceptors (Lipinski definition) is 4. The Bertz CT molecular complexity index is 662. The zero-order chi connectivity index (χ0) is 15.2. The van der Waals surface area contributed by atoms with Crippen LogP contribution in [0.4, 0.5) is 5.69 Å². The van der Waals surface area contributed by atoms with Crippen LogP contribution in [0, 0.1) is 0 Å². The van der Waals surface area contributed by atoms with Gasteiger partial charge in [0, 0.05) is 18.8 Å². The first-order valence-corrected chi connectivity index (χ1v) is 6.27. The maximum Gasteiger partial charge on any atom is 0.338 e. The van der Waals surface area contributed by atoms with Crippen molar-refractivity contribution in [1.82, 2.24) is 4.98 Å². The van der Waals surface area contributed by atoms with Gasteiger partial charge in [-0.15, -0.1) is 0 Å². The monoisotopic (exact) mass is 286 g/mol. The summed E-state index contributed by atoms with van der Waals surface area (Å²) in [6.07, 6.45) is 1.62. The number of amides is 1. The molecule has 0 aliphatic heterocycles. The van der Waals surface area contributed by atoms with E-state index < -0.39 is 5.97 Å². The molecule has 0 saturated carbocycles. The van der Waals surface area contributed by atoms with Gasteiger partial charge in [-0.1, -0.05) is 6.07 Å². The molecule has 0 fully saturated rings. The van der Waals surface area contributed by atoms with E-state index in [-0.39, 0.29) is 23.9 Å². The summed E-state index contributed by atoms with van der Waals surface area (Å²) < 4.78 is 4.95. The van der Waals surface area contributed by atoms with Crippen molar-refractivity contribution in [2.75, 3.05) is 11.9 Å². The molecular weight excluding hydrogens is 272 g/mol. The molecule has 1 aromatic heterocycles. The van der Waals surface area contributed by atoms with Crippen LogP contribution in [0.5, 0.6) is 0 Å². The van der Waals surface area contributed by atoms with Gasteiger partial charge in [-0.2, -0.15) is 0 Å². The summed E-state index contributed by atoms with van der Waals surface area (Å²) in [7, 11) is 0. The molecule has 0 atom stereocenters. The molecule has 0 spiro atoms. The third-order valence-corrected chi connectivity index (χ3v) is 2.65. The lowest BCUT2D eigenvalue weighted by Crippen LogP contribution is -2.15. The molecule has 2 rings (SSSR count). The second kappa shape index (κ2) is 6.51. The summed E-state index contributed by atoms with van der Waals surface area (Å²) in [4.78, 5) is 37.3. The van der Waals surface area contributed by atoms with Crippen LogP contribution >= 0.6 is 0 Å². The SMILES string of the molecule is CC(=O)Nc1cccc(C(=O)OCC(=O)c2ccc[nH]2)c1. The second-order valence-corrected chi connectivity index (χ2v) is 4.35. The van der Waals surface area contributed by atoms with E-state index in [1.165, 1.54) is 13.0 Å². The maximum atomic E-state index is 11.9. The van der Waals surface area contributed by atoms with E-state index in [4.69, 9.17) is 4.74 Å². The molecule has 21 heavy (non-hydrogen) atoms. The third-order valence-electron chi connectivity index (χ3n) is 2.65. The van der Waals surface area contributed by atoms with Gasteiger partial charge < -0.3 is 15.0 Å². The van der Waals surface area contributed by atoms with Gasteiger partial charge in [0.15, 0.2) is 6.61 Å². The quantitative estimate of drug-likeness (QED) is 0.650. The highest BCUT2D eigenvalue weighted by Crippen LogP contribution is 2.12. The number of carbonyl (C=O) groups excluding carboxylic acids is 3. The standard InChI is InChI=1S/C15H14N2O4/c1-10(18)17-12-5-2-4-11(8-12)15(20)21-9-14(19)13-6-3-7-16-13/h2-8,16H,9H2,1H3,(H,17,18). The molecule has 0 bridgehead atoms. The first kappa shape index (κ1) is 14.5. The van der Waals surface area contributed by atoms with E-state index in [0.29, 0.717) is 11.4 Å². The molecule has 0 saturated heterocycles. The summed E-state index contributed by atoms with van der Waals surface area (Å²) in [6.45, 7) is 1.03. The average Bonchev–Trinajstić information content (AvgIpc) is 2.98. The first-order valence-electron chi connectivity index (χ1n) is 6.27. The molecule has 6 heteroatoms. The number of rotatable bonds is 5. The van der Waals surface area contributed by atoms with Gasteiger partial charge >= 0.3 is 5.97 Å². The molecule has 108 valence electrons. The van der Waals surface area contributed by atoms with Crippen molar-refractivity contribution in [3.63, 3.8) is 0 Å². The van der Waals surface area contributed by atoms with Gasteiger partial charge in [0.2, 0.25) is 11.7 Å². The lowest BCUT2D eigenvalue weighted by molar-refractivity contribution is -0.114. The third kappa shape index (κ3) is 4.04. The highest BCUT2D eigenvalue weighted by atomic mass is 16.5. The van der Waals surface area contributed by atoms with Crippen LogP contribution in [0.3, 0.4) is 0 Å². The number of ether oxygens (including phenoxy) is 1. The number of benzene rings is 1. The number of esters is 1. The van der Waals surface area contributed by atoms with Gasteiger partial charge in [0.1, 0.15) is 0 Å². The Hall–Kier alpha value is -2.89. The van der Waals surface area contributed by atoms with Crippen LogP contribution in [0.25, 0.3) is 0 Å². The molecule has 0 aliphatic rings. The summed E-state index contributed by atoms with van der Waals surface area (Å²) >= 11 is 0. The topological polar surface area (TPSA) is 88.3 Å². The van der Waals surface area contributed by atoms with Gasteiger partial charge in [-0.25, -0.2) is 4.79 Å². The molecule has 2 aromatic rings. The minimum absolute atomic E-state index is 0.234. The largest absolute Gasteiger partial charge is 0.454 e. The van der Waals surface area contributed by atoms with E-state index in [1.807, 2.05) is 0 Å². The maximum absolute atomic E-state index is 11.9. The van der Waals surface area contributed by atoms with E-state index >= 15 is 0 Å². The molecule has 6 nitrogen and oxygen atoms in total. The average molecular weight is 286 g/mol. The lowest BCUT2D eigenvalue weighted by atomic mass is 10.2. The van der Waals surface area contributed by atoms with Crippen LogP contribution in [-0.4, -0.2) is 29.3 Å². The molecule has 0 unspecified atom stereocenters.